The molecule has 0 unspecified atom stereocenters. The average Bonchev–Trinajstić information content (AvgIpc) is 2.18. The van der Waals surface area contributed by atoms with Gasteiger partial charge in [0.15, 0.2) is 0 Å². The van der Waals surface area contributed by atoms with E-state index in [9.17, 15) is 9.59 Å². The molecule has 1 fully saturated rings. The fourth-order valence-electron chi connectivity index (χ4n) is 1.37. The highest BCUT2D eigenvalue weighted by atomic mass is 16.4. The molecular formula is C9H12N2O3. The number of hydrogen-bond acceptors (Lipinski definition) is 3. The molecule has 0 aromatic carbocycles. The topological polar surface area (TPSA) is 60.9 Å². The number of carbonyl (C=O) groups excluding carboxylic acids is 1. The number of piperazine rings is 1. The maximum atomic E-state index is 11.0. The molecule has 0 spiro atoms. The van der Waals surface area contributed by atoms with Crippen LogP contribution in [0, 0.1) is 12.3 Å². The molecule has 0 bridgehead atoms. The lowest BCUT2D eigenvalue weighted by atomic mass is 10.3. The van der Waals surface area contributed by atoms with Crippen molar-refractivity contribution in [3.63, 3.8) is 0 Å². The van der Waals surface area contributed by atoms with Crippen molar-refractivity contribution in [2.45, 2.75) is 0 Å². The average molecular weight is 196 g/mol. The highest BCUT2D eigenvalue weighted by Crippen LogP contribution is 2.01. The van der Waals surface area contributed by atoms with E-state index < -0.39 is 11.9 Å². The van der Waals surface area contributed by atoms with E-state index in [0.29, 0.717) is 32.7 Å². The van der Waals surface area contributed by atoms with Gasteiger partial charge in [-0.25, -0.2) is 4.79 Å². The first-order chi connectivity index (χ1) is 6.65. The second kappa shape index (κ2) is 4.63. The predicted octanol–water partition coefficient (Wildman–Crippen LogP) is -1.15. The number of carboxylic acids is 1. The number of carbonyl (C=O) groups is 2. The Morgan fingerprint density at radius 2 is 1.86 bits per heavy atom. The summed E-state index contributed by atoms with van der Waals surface area (Å²) in [7, 11) is 0. The molecule has 0 aliphatic carbocycles. The van der Waals surface area contributed by atoms with Gasteiger partial charge in [-0.1, -0.05) is 5.92 Å². The molecule has 76 valence electrons. The third-order valence-electron chi connectivity index (χ3n) is 2.16. The lowest BCUT2D eigenvalue weighted by Crippen LogP contribution is -2.50. The van der Waals surface area contributed by atoms with Crippen LogP contribution in [0.25, 0.3) is 0 Å². The van der Waals surface area contributed by atoms with E-state index in [4.69, 9.17) is 11.5 Å². The molecule has 1 aliphatic heterocycles. The Morgan fingerprint density at radius 1 is 1.29 bits per heavy atom. The van der Waals surface area contributed by atoms with E-state index in [0.717, 1.165) is 0 Å². The van der Waals surface area contributed by atoms with Crippen LogP contribution in [0.1, 0.15) is 0 Å². The summed E-state index contributed by atoms with van der Waals surface area (Å²) in [5.41, 5.74) is 0. The summed E-state index contributed by atoms with van der Waals surface area (Å²) in [5, 5.41) is 8.47. The fraction of sp³-hybridized carbons (Fsp3) is 0.556. The van der Waals surface area contributed by atoms with Gasteiger partial charge in [0.1, 0.15) is 0 Å². The number of carboxylic acid groups (broad SMARTS) is 1. The molecule has 0 saturated carbocycles. The molecule has 5 nitrogen and oxygen atoms in total. The summed E-state index contributed by atoms with van der Waals surface area (Å²) in [6.45, 7) is 2.71. The van der Waals surface area contributed by atoms with Gasteiger partial charge in [-0.2, -0.15) is 0 Å². The van der Waals surface area contributed by atoms with Gasteiger partial charge in [0.25, 0.3) is 0 Å². The maximum Gasteiger partial charge on any atom is 0.394 e. The minimum atomic E-state index is -1.39. The molecule has 0 atom stereocenters. The first-order valence-corrected chi connectivity index (χ1v) is 4.33. The van der Waals surface area contributed by atoms with Crippen LogP contribution in [-0.2, 0) is 9.59 Å². The minimum absolute atomic E-state index is 0.437. The highest BCUT2D eigenvalue weighted by molar-refractivity contribution is 6.31. The lowest BCUT2D eigenvalue weighted by Gasteiger charge is -2.32. The van der Waals surface area contributed by atoms with E-state index in [1.165, 1.54) is 4.90 Å². The maximum absolute atomic E-state index is 11.0. The van der Waals surface area contributed by atoms with Crippen molar-refractivity contribution in [2.75, 3.05) is 32.7 Å². The zero-order valence-electron chi connectivity index (χ0n) is 7.77. The van der Waals surface area contributed by atoms with Crippen molar-refractivity contribution in [1.29, 1.82) is 0 Å². The Balaban J connectivity index is 2.40. The molecule has 1 rings (SSSR count). The number of terminal acetylenes is 1. The summed E-state index contributed by atoms with van der Waals surface area (Å²) in [5.74, 6) is 0.289. The van der Waals surface area contributed by atoms with Crippen LogP contribution >= 0.6 is 0 Å². The van der Waals surface area contributed by atoms with Crippen LogP contribution in [0.4, 0.5) is 0 Å². The molecule has 14 heavy (non-hydrogen) atoms. The summed E-state index contributed by atoms with van der Waals surface area (Å²) >= 11 is 0. The first-order valence-electron chi connectivity index (χ1n) is 4.33. The Labute approximate surface area is 82.3 Å². The van der Waals surface area contributed by atoms with Gasteiger partial charge in [-0.3, -0.25) is 9.69 Å². The lowest BCUT2D eigenvalue weighted by molar-refractivity contribution is -0.156. The number of rotatable bonds is 1. The smallest absolute Gasteiger partial charge is 0.394 e. The zero-order valence-corrected chi connectivity index (χ0v) is 7.77. The summed E-state index contributed by atoms with van der Waals surface area (Å²) in [6.07, 6.45) is 5.14. The van der Waals surface area contributed by atoms with Gasteiger partial charge in [0, 0.05) is 26.2 Å². The van der Waals surface area contributed by atoms with Gasteiger partial charge in [-0.05, 0) is 0 Å². The molecule has 1 N–H and O–H groups in total. The fourth-order valence-corrected chi connectivity index (χ4v) is 1.37. The predicted molar refractivity (Wildman–Crippen MR) is 49.5 cm³/mol. The summed E-state index contributed by atoms with van der Waals surface area (Å²) < 4.78 is 0. The molecule has 0 radical (unpaired) electrons. The van der Waals surface area contributed by atoms with Crippen LogP contribution in [0.3, 0.4) is 0 Å². The molecule has 1 saturated heterocycles. The van der Waals surface area contributed by atoms with Crippen LogP contribution in [0.2, 0.25) is 0 Å². The summed E-state index contributed by atoms with van der Waals surface area (Å²) in [6, 6.07) is 0. The van der Waals surface area contributed by atoms with Crippen LogP contribution in [-0.4, -0.2) is 59.5 Å². The third kappa shape index (κ3) is 2.47. The first kappa shape index (κ1) is 10.5. The molecule has 1 heterocycles. The molecule has 1 amide bonds. The third-order valence-corrected chi connectivity index (χ3v) is 2.16. The monoisotopic (exact) mass is 196 g/mol. The Bertz CT molecular complexity index is 274. The molecular weight excluding hydrogens is 184 g/mol. The van der Waals surface area contributed by atoms with E-state index in [-0.39, 0.29) is 0 Å². The van der Waals surface area contributed by atoms with Gasteiger partial charge >= 0.3 is 11.9 Å². The highest BCUT2D eigenvalue weighted by Gasteiger charge is 2.24. The van der Waals surface area contributed by atoms with Crippen molar-refractivity contribution in [3.8, 4) is 12.3 Å². The van der Waals surface area contributed by atoms with Crippen LogP contribution in [0.15, 0.2) is 0 Å². The number of nitrogens with zero attached hydrogens (tertiary/aromatic N) is 2. The number of hydrogen-bond donors (Lipinski definition) is 1. The van der Waals surface area contributed by atoms with Gasteiger partial charge in [0.2, 0.25) is 0 Å². The zero-order chi connectivity index (χ0) is 10.6. The van der Waals surface area contributed by atoms with E-state index >= 15 is 0 Å². The Hall–Kier alpha value is -1.54. The van der Waals surface area contributed by atoms with E-state index in [2.05, 4.69) is 5.92 Å². The van der Waals surface area contributed by atoms with E-state index in [1.54, 1.807) is 0 Å². The number of aliphatic carboxylic acids is 1. The van der Waals surface area contributed by atoms with Crippen molar-refractivity contribution < 1.29 is 14.7 Å². The molecule has 0 aromatic rings. The van der Waals surface area contributed by atoms with Gasteiger partial charge in [-0.15, -0.1) is 6.42 Å². The largest absolute Gasteiger partial charge is 0.474 e. The second-order valence-electron chi connectivity index (χ2n) is 3.08. The van der Waals surface area contributed by atoms with Crippen LogP contribution < -0.4 is 0 Å². The van der Waals surface area contributed by atoms with Crippen molar-refractivity contribution in [3.05, 3.63) is 0 Å². The van der Waals surface area contributed by atoms with E-state index in [1.807, 2.05) is 4.90 Å². The normalized spacial score (nSPS) is 17.5. The molecule has 5 heteroatoms. The van der Waals surface area contributed by atoms with Crippen molar-refractivity contribution >= 4 is 11.9 Å². The Morgan fingerprint density at radius 3 is 2.29 bits per heavy atom. The minimum Gasteiger partial charge on any atom is -0.474 e. The van der Waals surface area contributed by atoms with Crippen molar-refractivity contribution in [1.82, 2.24) is 9.80 Å². The van der Waals surface area contributed by atoms with Gasteiger partial charge < -0.3 is 10.0 Å². The SMILES string of the molecule is C#CCN1CCN(C(=O)C(=O)O)CC1. The quantitative estimate of drug-likeness (QED) is 0.425. The van der Waals surface area contributed by atoms with Crippen LogP contribution in [0.5, 0.6) is 0 Å². The molecule has 0 aromatic heterocycles. The van der Waals surface area contributed by atoms with Crippen molar-refractivity contribution in [2.24, 2.45) is 0 Å². The van der Waals surface area contributed by atoms with Gasteiger partial charge in [0.05, 0.1) is 6.54 Å². The number of amides is 1. The second-order valence-corrected chi connectivity index (χ2v) is 3.08. The Kier molecular flexibility index (Phi) is 3.48. The standard InChI is InChI=1S/C9H12N2O3/c1-2-3-10-4-6-11(7-5-10)8(12)9(13)14/h1H,3-7H2,(H,13,14). The summed E-state index contributed by atoms with van der Waals surface area (Å²) in [4.78, 5) is 24.7. The molecule has 1 aliphatic rings.